The normalized spacial score (nSPS) is 17.9. The zero-order chi connectivity index (χ0) is 21.5. The average Bonchev–Trinajstić information content (AvgIpc) is 3.51. The molecular weight excluding hydrogens is 402 g/mol. The summed E-state index contributed by atoms with van der Waals surface area (Å²) in [4.78, 5) is 40.0. The zero-order valence-electron chi connectivity index (χ0n) is 17.1. The molecule has 1 aromatic heterocycles. The Morgan fingerprint density at radius 1 is 1.10 bits per heavy atom. The van der Waals surface area contributed by atoms with Gasteiger partial charge in [-0.1, -0.05) is 29.8 Å². The molecule has 1 fully saturated rings. The van der Waals surface area contributed by atoms with Gasteiger partial charge in [0, 0.05) is 43.2 Å². The van der Waals surface area contributed by atoms with Gasteiger partial charge in [-0.2, -0.15) is 0 Å². The van der Waals surface area contributed by atoms with Crippen molar-refractivity contribution in [1.82, 2.24) is 14.8 Å². The van der Waals surface area contributed by atoms with Crippen LogP contribution in [-0.4, -0.2) is 49.6 Å². The molecule has 2 amide bonds. The maximum atomic E-state index is 12.9. The van der Waals surface area contributed by atoms with Crippen molar-refractivity contribution in [3.63, 3.8) is 0 Å². The van der Waals surface area contributed by atoms with Crippen LogP contribution in [-0.2, 0) is 23.9 Å². The summed E-state index contributed by atoms with van der Waals surface area (Å²) in [5, 5.41) is 2.77. The van der Waals surface area contributed by atoms with Crippen LogP contribution in [0.5, 0.6) is 0 Å². The van der Waals surface area contributed by atoms with Crippen molar-refractivity contribution in [2.45, 2.75) is 37.6 Å². The first-order chi connectivity index (χ1) is 14.3. The number of pyridine rings is 1. The van der Waals surface area contributed by atoms with E-state index in [4.69, 9.17) is 0 Å². The second-order valence-electron chi connectivity index (χ2n) is 8.12. The van der Waals surface area contributed by atoms with Gasteiger partial charge in [0.1, 0.15) is 11.3 Å². The molecule has 30 heavy (non-hydrogen) atoms. The van der Waals surface area contributed by atoms with Crippen LogP contribution in [0.1, 0.15) is 44.8 Å². The van der Waals surface area contributed by atoms with Gasteiger partial charge in [-0.15, -0.1) is 0 Å². The highest BCUT2D eigenvalue weighted by atomic mass is 32.2. The van der Waals surface area contributed by atoms with E-state index < -0.39 is 22.3 Å². The van der Waals surface area contributed by atoms with Gasteiger partial charge in [0.2, 0.25) is 0 Å². The van der Waals surface area contributed by atoms with E-state index in [-0.39, 0.29) is 21.9 Å². The standard InChI is InChI=1S/C22H25N3O4S/c1-15-3-5-16(6-4-15)13-23-19(26)17-7-8-18-21(28)24(11-12-25(18)20(17)27)14-22(9-10-22)30(2)29/h3-8H,9-14H2,1-2H3,(H,23,26). The first-order valence-corrected chi connectivity index (χ1v) is 11.6. The van der Waals surface area contributed by atoms with E-state index in [9.17, 15) is 18.6 Å². The fourth-order valence-corrected chi connectivity index (χ4v) is 4.82. The molecule has 1 aliphatic carbocycles. The van der Waals surface area contributed by atoms with Crippen LogP contribution < -0.4 is 10.9 Å². The maximum Gasteiger partial charge on any atom is 0.270 e. The Bertz CT molecular complexity index is 1090. The van der Waals surface area contributed by atoms with Gasteiger partial charge in [-0.25, -0.2) is 0 Å². The van der Waals surface area contributed by atoms with Crippen LogP contribution in [0.25, 0.3) is 0 Å². The minimum atomic E-state index is -0.989. The molecule has 0 spiro atoms. The van der Waals surface area contributed by atoms with Crippen LogP contribution in [0.15, 0.2) is 41.2 Å². The van der Waals surface area contributed by atoms with E-state index in [1.807, 2.05) is 31.2 Å². The topological polar surface area (TPSA) is 88.5 Å². The smallest absolute Gasteiger partial charge is 0.270 e. The lowest BCUT2D eigenvalue weighted by atomic mass is 10.1. The molecule has 1 saturated carbocycles. The quantitative estimate of drug-likeness (QED) is 0.756. The molecule has 2 aromatic rings. The monoisotopic (exact) mass is 427 g/mol. The summed E-state index contributed by atoms with van der Waals surface area (Å²) in [5.74, 6) is -0.703. The predicted octanol–water partition coefficient (Wildman–Crippen LogP) is 1.45. The number of carbonyl (C=O) groups is 2. The van der Waals surface area contributed by atoms with Crippen molar-refractivity contribution in [3.8, 4) is 0 Å². The first-order valence-electron chi connectivity index (χ1n) is 10.0. The number of rotatable bonds is 6. The summed E-state index contributed by atoms with van der Waals surface area (Å²) >= 11 is 0. The molecule has 1 aromatic carbocycles. The molecule has 7 nitrogen and oxygen atoms in total. The Morgan fingerprint density at radius 2 is 1.80 bits per heavy atom. The van der Waals surface area contributed by atoms with E-state index in [1.54, 1.807) is 17.2 Å². The molecule has 0 bridgehead atoms. The van der Waals surface area contributed by atoms with Gasteiger partial charge in [0.25, 0.3) is 17.4 Å². The van der Waals surface area contributed by atoms with E-state index in [1.165, 1.54) is 10.6 Å². The predicted molar refractivity (Wildman–Crippen MR) is 115 cm³/mol. The third-order valence-corrected chi connectivity index (χ3v) is 7.75. The van der Waals surface area contributed by atoms with Crippen molar-refractivity contribution in [3.05, 3.63) is 69.1 Å². The lowest BCUT2D eigenvalue weighted by Crippen LogP contribution is -2.49. The summed E-state index contributed by atoms with van der Waals surface area (Å²) in [5.41, 5.74) is 1.93. The third-order valence-electron chi connectivity index (χ3n) is 5.99. The lowest BCUT2D eigenvalue weighted by Gasteiger charge is -2.32. The lowest BCUT2D eigenvalue weighted by molar-refractivity contribution is 0.0695. The number of nitrogens with zero attached hydrogens (tertiary/aromatic N) is 2. The van der Waals surface area contributed by atoms with E-state index in [2.05, 4.69) is 5.32 Å². The van der Waals surface area contributed by atoms with E-state index in [0.29, 0.717) is 26.2 Å². The van der Waals surface area contributed by atoms with Crippen LogP contribution >= 0.6 is 0 Å². The van der Waals surface area contributed by atoms with Crippen LogP contribution in [0.4, 0.5) is 0 Å². The number of fused-ring (bicyclic) bond motifs is 1. The fourth-order valence-electron chi connectivity index (χ4n) is 3.80. The number of aromatic nitrogens is 1. The summed E-state index contributed by atoms with van der Waals surface area (Å²) in [6.45, 7) is 3.46. The molecule has 1 unspecified atom stereocenters. The summed E-state index contributed by atoms with van der Waals surface area (Å²) in [6, 6.07) is 10.8. The van der Waals surface area contributed by atoms with Crippen LogP contribution in [0.3, 0.4) is 0 Å². The number of carbonyl (C=O) groups excluding carboxylic acids is 2. The Kier molecular flexibility index (Phi) is 5.36. The van der Waals surface area contributed by atoms with Gasteiger partial charge in [0.15, 0.2) is 0 Å². The van der Waals surface area contributed by atoms with Gasteiger partial charge >= 0.3 is 0 Å². The second kappa shape index (κ2) is 7.83. The highest BCUT2D eigenvalue weighted by Crippen LogP contribution is 2.42. The molecule has 4 rings (SSSR count). The Balaban J connectivity index is 1.49. The van der Waals surface area contributed by atoms with Gasteiger partial charge in [-0.05, 0) is 37.5 Å². The highest BCUT2D eigenvalue weighted by Gasteiger charge is 2.49. The molecular formula is C22H25N3O4S. The molecule has 1 aliphatic heterocycles. The SMILES string of the molecule is Cc1ccc(CNC(=O)c2ccc3n(c2=O)CCN(CC2(S(C)=O)CC2)C3=O)cc1. The Labute approximate surface area is 177 Å². The van der Waals surface area contributed by atoms with Crippen molar-refractivity contribution < 1.29 is 13.8 Å². The number of aryl methyl sites for hydroxylation is 1. The van der Waals surface area contributed by atoms with Crippen molar-refractivity contribution in [2.75, 3.05) is 19.3 Å². The fraction of sp³-hybridized carbons (Fsp3) is 0.409. The number of hydrogen-bond donors (Lipinski definition) is 1. The largest absolute Gasteiger partial charge is 0.348 e. The van der Waals surface area contributed by atoms with Crippen molar-refractivity contribution >= 4 is 22.6 Å². The van der Waals surface area contributed by atoms with Crippen LogP contribution in [0, 0.1) is 6.92 Å². The molecule has 1 atom stereocenters. The van der Waals surface area contributed by atoms with Crippen LogP contribution in [0.2, 0.25) is 0 Å². The molecule has 2 heterocycles. The van der Waals surface area contributed by atoms with Gasteiger partial charge < -0.3 is 14.8 Å². The zero-order valence-corrected chi connectivity index (χ0v) is 18.0. The summed E-state index contributed by atoms with van der Waals surface area (Å²) in [6.07, 6.45) is 3.39. The number of benzene rings is 1. The molecule has 1 N–H and O–H groups in total. The minimum Gasteiger partial charge on any atom is -0.348 e. The van der Waals surface area contributed by atoms with Gasteiger partial charge in [0.05, 0.1) is 4.75 Å². The molecule has 158 valence electrons. The average molecular weight is 428 g/mol. The molecule has 0 saturated heterocycles. The van der Waals surface area contributed by atoms with Gasteiger partial charge in [-0.3, -0.25) is 18.6 Å². The highest BCUT2D eigenvalue weighted by molar-refractivity contribution is 7.86. The first kappa shape index (κ1) is 20.5. The number of nitrogens with one attached hydrogen (secondary N) is 1. The second-order valence-corrected chi connectivity index (χ2v) is 9.90. The van der Waals surface area contributed by atoms with E-state index >= 15 is 0 Å². The summed E-state index contributed by atoms with van der Waals surface area (Å²) in [7, 11) is -0.989. The maximum absolute atomic E-state index is 12.9. The summed E-state index contributed by atoms with van der Waals surface area (Å²) < 4.78 is 13.1. The molecule has 2 aliphatic rings. The number of amides is 2. The number of hydrogen-bond acceptors (Lipinski definition) is 4. The van der Waals surface area contributed by atoms with E-state index in [0.717, 1.165) is 24.0 Å². The molecule has 8 heteroatoms. The van der Waals surface area contributed by atoms with Crippen molar-refractivity contribution in [1.29, 1.82) is 0 Å². The minimum absolute atomic E-state index is 0.0282. The Hall–Kier alpha value is -2.74. The third kappa shape index (κ3) is 3.84. The van der Waals surface area contributed by atoms with Crippen molar-refractivity contribution in [2.24, 2.45) is 0 Å². The molecule has 0 radical (unpaired) electrons. The Morgan fingerprint density at radius 3 is 2.43 bits per heavy atom.